The molecule has 1 aliphatic rings. The minimum absolute atomic E-state index is 0.0141. The highest BCUT2D eigenvalue weighted by Crippen LogP contribution is 2.52. The molecule has 1 aromatic carbocycles. The summed E-state index contributed by atoms with van der Waals surface area (Å²) in [6, 6.07) is 8.60. The van der Waals surface area contributed by atoms with Gasteiger partial charge in [0.1, 0.15) is 24.8 Å². The van der Waals surface area contributed by atoms with Crippen molar-refractivity contribution in [2.75, 3.05) is 32.6 Å². The zero-order valence-electron chi connectivity index (χ0n) is 26.2. The van der Waals surface area contributed by atoms with E-state index >= 15 is 0 Å². The van der Waals surface area contributed by atoms with Crippen LogP contribution in [0.15, 0.2) is 41.3 Å². The van der Waals surface area contributed by atoms with Crippen molar-refractivity contribution in [3.63, 3.8) is 0 Å². The van der Waals surface area contributed by atoms with Crippen LogP contribution in [0.3, 0.4) is 0 Å². The van der Waals surface area contributed by atoms with Gasteiger partial charge < -0.3 is 28.8 Å². The molecule has 1 aromatic heterocycles. The molecule has 0 aliphatic carbocycles. The lowest BCUT2D eigenvalue weighted by Crippen LogP contribution is -2.51. The molecule has 13 heteroatoms. The third-order valence-electron chi connectivity index (χ3n) is 6.63. The maximum atomic E-state index is 13.6. The van der Waals surface area contributed by atoms with Crippen molar-refractivity contribution in [3.8, 4) is 0 Å². The van der Waals surface area contributed by atoms with Gasteiger partial charge in [-0.3, -0.25) is 14.2 Å². The quantitative estimate of drug-likeness (QED) is 0.218. The zero-order chi connectivity index (χ0) is 31.9. The third kappa shape index (κ3) is 7.60. The molecule has 1 N–H and O–H groups in total. The fraction of sp³-hybridized carbons (Fsp3) is 0.552. The first-order valence-electron chi connectivity index (χ1n) is 14.4. The van der Waals surface area contributed by atoms with Gasteiger partial charge >= 0.3 is 5.69 Å². The molecule has 1 saturated heterocycles. The summed E-state index contributed by atoms with van der Waals surface area (Å²) in [6.45, 7) is 16.6. The summed E-state index contributed by atoms with van der Waals surface area (Å²) < 4.78 is 30.6. The monoisotopic (exact) mass is 601 g/mol. The van der Waals surface area contributed by atoms with Crippen molar-refractivity contribution in [3.05, 3.63) is 69.6 Å². The summed E-state index contributed by atoms with van der Waals surface area (Å²) in [7, 11) is 1.37. The average Bonchev–Trinajstić information content (AvgIpc) is 3.33. The second kappa shape index (κ2) is 14.3. The Morgan fingerprint density at radius 1 is 1.29 bits per heavy atom. The Morgan fingerprint density at radius 3 is 2.52 bits per heavy atom. The average molecular weight is 602 g/mol. The molecule has 228 valence electrons. The highest BCUT2D eigenvalue weighted by atomic mass is 31.2. The van der Waals surface area contributed by atoms with Gasteiger partial charge in [-0.1, -0.05) is 18.2 Å². The molecule has 0 radical (unpaired) electrons. The van der Waals surface area contributed by atoms with E-state index in [0.717, 1.165) is 0 Å². The highest BCUT2D eigenvalue weighted by molar-refractivity contribution is 7.44. The number of carbonyl (C=O) groups excluding carboxylic acids is 2. The first-order valence-corrected chi connectivity index (χ1v) is 14.9. The molecule has 4 atom stereocenters. The Morgan fingerprint density at radius 2 is 1.95 bits per heavy atom. The van der Waals surface area contributed by atoms with Crippen molar-refractivity contribution in [2.24, 2.45) is 0 Å². The van der Waals surface area contributed by atoms with Crippen LogP contribution in [-0.2, 0) is 18.6 Å². The number of hydrogen-bond acceptors (Lipinski definition) is 8. The molecular weight excluding hydrogens is 559 g/mol. The Bertz CT molecular complexity index is 1360. The summed E-state index contributed by atoms with van der Waals surface area (Å²) in [6.07, 6.45) is -0.358. The van der Waals surface area contributed by atoms with Crippen LogP contribution in [0.2, 0.25) is 0 Å². The Hall–Kier alpha value is -3.20. The second-order valence-electron chi connectivity index (χ2n) is 10.8. The number of benzene rings is 1. The van der Waals surface area contributed by atoms with Crippen molar-refractivity contribution in [1.82, 2.24) is 19.1 Å². The minimum atomic E-state index is -1.77. The van der Waals surface area contributed by atoms with E-state index in [4.69, 9.17) is 21.7 Å². The summed E-state index contributed by atoms with van der Waals surface area (Å²) in [5, 5.41) is 2.68. The van der Waals surface area contributed by atoms with E-state index in [1.54, 1.807) is 51.4 Å². The fourth-order valence-corrected chi connectivity index (χ4v) is 6.44. The van der Waals surface area contributed by atoms with Gasteiger partial charge in [0.25, 0.3) is 20.3 Å². The van der Waals surface area contributed by atoms with Gasteiger partial charge in [0.15, 0.2) is 5.60 Å². The first kappa shape index (κ1) is 31.7. The maximum Gasteiger partial charge on any atom is 0.351 e. The van der Waals surface area contributed by atoms with E-state index in [-0.39, 0.29) is 37.5 Å². The van der Waals surface area contributed by atoms with Gasteiger partial charge in [-0.25, -0.2) is 16.0 Å². The van der Waals surface area contributed by atoms with Gasteiger partial charge in [-0.05, 0) is 53.7 Å². The smallest absolute Gasteiger partial charge is 0.346 e. The number of hydrogen-bond donors (Lipinski definition) is 1. The molecule has 3 rings (SSSR count). The van der Waals surface area contributed by atoms with E-state index in [9.17, 15) is 14.4 Å². The number of amides is 2. The van der Waals surface area contributed by atoms with E-state index in [1.807, 2.05) is 32.4 Å². The number of aryl methyl sites for hydroxylation is 1. The van der Waals surface area contributed by atoms with Crippen molar-refractivity contribution in [1.29, 1.82) is 0 Å². The predicted molar refractivity (Wildman–Crippen MR) is 161 cm³/mol. The standard InChI is InChI=1S/C29H41N6O6P/c1-19(2)35(20(3)4)42(39-16-15-30-7)41-23-17-24(40-29(23,6)27(37)33(8)9)34-18-21(5)25(32-28(34)38)31-26(36)22-13-11-10-12-14-22/h10-14,18-20,23-24H,15-17H2,1-6,8-9H3,(H,31,32,36,38)/t23-,24+,29+,42?/m0/s1/i6D. The fourth-order valence-electron chi connectivity index (χ4n) is 4.67. The number of nitrogens with zero attached hydrogens (tertiary/aromatic N) is 5. The summed E-state index contributed by atoms with van der Waals surface area (Å²) >= 11 is 0. The molecule has 42 heavy (non-hydrogen) atoms. The highest BCUT2D eigenvalue weighted by Gasteiger charge is 2.54. The van der Waals surface area contributed by atoms with Gasteiger partial charge in [-0.2, -0.15) is 4.98 Å². The van der Waals surface area contributed by atoms with Gasteiger partial charge in [-0.15, -0.1) is 0 Å². The normalized spacial score (nSPS) is 21.3. The molecule has 1 unspecified atom stereocenters. The number of rotatable bonds is 12. The lowest BCUT2D eigenvalue weighted by atomic mass is 9.97. The summed E-state index contributed by atoms with van der Waals surface area (Å²) in [5.41, 5.74) is -1.51. The maximum absolute atomic E-state index is 13.6. The number of anilines is 1. The van der Waals surface area contributed by atoms with Gasteiger partial charge in [0.05, 0.1) is 0 Å². The van der Waals surface area contributed by atoms with Crippen LogP contribution in [-0.4, -0.2) is 82.0 Å². The molecule has 0 bridgehead atoms. The Labute approximate surface area is 250 Å². The molecule has 0 spiro atoms. The second-order valence-corrected chi connectivity index (χ2v) is 12.2. The van der Waals surface area contributed by atoms with Crippen LogP contribution in [0.5, 0.6) is 0 Å². The SMILES string of the molecule is [2H]C[C@@]1(C(=O)N(C)C)O[C@@H](n2cc(C)c(NC(=O)c3ccccc3)nc2=O)C[C@@H]1OP(OCC[N+]#[C-])N(C(C)C)C(C)C. The number of likely N-dealkylation sites (N-methyl/N-ethyl adjacent to an activating group) is 1. The zero-order valence-corrected chi connectivity index (χ0v) is 26.1. The molecular formula is C29H41N6O6P. The molecule has 1 fully saturated rings. The number of aromatic nitrogens is 2. The largest absolute Gasteiger partial charge is 0.351 e. The first-order chi connectivity index (χ1) is 20.4. The van der Waals surface area contributed by atoms with Crippen LogP contribution >= 0.6 is 8.53 Å². The lowest BCUT2D eigenvalue weighted by Gasteiger charge is -2.39. The van der Waals surface area contributed by atoms with Crippen LogP contribution in [0, 0.1) is 13.5 Å². The molecule has 2 heterocycles. The third-order valence-corrected chi connectivity index (χ3v) is 8.77. The van der Waals surface area contributed by atoms with Gasteiger partial charge in [0, 0.05) is 51.3 Å². The van der Waals surface area contributed by atoms with Crippen molar-refractivity contribution >= 4 is 26.2 Å². The van der Waals surface area contributed by atoms with E-state index in [1.165, 1.54) is 15.7 Å². The van der Waals surface area contributed by atoms with E-state index < -0.39 is 50.9 Å². The predicted octanol–water partition coefficient (Wildman–Crippen LogP) is 4.24. The molecule has 2 amide bonds. The molecule has 12 nitrogen and oxygen atoms in total. The molecule has 2 aromatic rings. The van der Waals surface area contributed by atoms with Crippen LogP contribution < -0.4 is 11.0 Å². The number of ether oxygens (including phenoxy) is 1. The number of carbonyl (C=O) groups is 2. The molecule has 1 aliphatic heterocycles. The van der Waals surface area contributed by atoms with Crippen LogP contribution in [0.4, 0.5) is 5.82 Å². The van der Waals surface area contributed by atoms with Crippen molar-refractivity contribution < 1.29 is 24.7 Å². The summed E-state index contributed by atoms with van der Waals surface area (Å²) in [5.74, 6) is -0.773. The minimum Gasteiger partial charge on any atom is -0.346 e. The lowest BCUT2D eigenvalue weighted by molar-refractivity contribution is -0.162. The van der Waals surface area contributed by atoms with E-state index in [2.05, 4.69) is 15.1 Å². The Kier molecular flexibility index (Phi) is 10.8. The number of nitrogens with one attached hydrogen (secondary N) is 1. The van der Waals surface area contributed by atoms with Crippen LogP contribution in [0.1, 0.15) is 64.5 Å². The van der Waals surface area contributed by atoms with Crippen LogP contribution in [0.25, 0.3) is 4.85 Å². The molecule has 0 saturated carbocycles. The van der Waals surface area contributed by atoms with Gasteiger partial charge in [0.2, 0.25) is 6.54 Å². The topological polar surface area (TPSA) is 120 Å². The van der Waals surface area contributed by atoms with E-state index in [0.29, 0.717) is 11.1 Å². The Balaban J connectivity index is 1.98. The summed E-state index contributed by atoms with van der Waals surface area (Å²) in [4.78, 5) is 48.4. The van der Waals surface area contributed by atoms with Crippen molar-refractivity contribution in [2.45, 2.75) is 78.0 Å².